The molecule has 0 heterocycles. The van der Waals surface area contributed by atoms with Crippen molar-refractivity contribution in [1.82, 2.24) is 0 Å². The molecule has 0 bridgehead atoms. The lowest BCUT2D eigenvalue weighted by atomic mass is 10.1. The zero-order chi connectivity index (χ0) is 26.3. The van der Waals surface area contributed by atoms with Crippen LogP contribution in [-0.4, -0.2) is 53.8 Å². The molecule has 0 atom stereocenters. The summed E-state index contributed by atoms with van der Waals surface area (Å²) in [6.45, 7) is 1.34. The molecule has 0 unspecified atom stereocenters. The average molecular weight is 502 g/mol. The third-order valence-electron chi connectivity index (χ3n) is 4.52. The van der Waals surface area contributed by atoms with Gasteiger partial charge in [0.25, 0.3) is 0 Å². The summed E-state index contributed by atoms with van der Waals surface area (Å²) in [6, 6.07) is 10.1. The fourth-order valence-corrected chi connectivity index (χ4v) is 2.92. The molecule has 2 aromatic carbocycles. The van der Waals surface area contributed by atoms with Crippen molar-refractivity contribution < 1.29 is 37.0 Å². The zero-order valence-electron chi connectivity index (χ0n) is 20.1. The van der Waals surface area contributed by atoms with Crippen LogP contribution in [0, 0.1) is 0 Å². The maximum Gasteiger partial charge on any atom is 0.796 e. The summed E-state index contributed by atoms with van der Waals surface area (Å²) in [5.41, 5.74) is 12.1. The highest BCUT2D eigenvalue weighted by atomic mass is 19.2. The van der Waals surface area contributed by atoms with Gasteiger partial charge in [-0.2, -0.15) is 0 Å². The summed E-state index contributed by atoms with van der Waals surface area (Å²) in [6.07, 6.45) is 6.48. The van der Waals surface area contributed by atoms with Crippen molar-refractivity contribution in [3.8, 4) is 23.0 Å². The highest BCUT2D eigenvalue weighted by molar-refractivity contribution is 6.35. The maximum absolute atomic E-state index is 12.9. The van der Waals surface area contributed by atoms with E-state index in [0.29, 0.717) is 60.4 Å². The van der Waals surface area contributed by atoms with Crippen molar-refractivity contribution in [1.29, 1.82) is 0 Å². The second-order valence-corrected chi connectivity index (χ2v) is 7.09. The van der Waals surface area contributed by atoms with Crippen molar-refractivity contribution in [3.05, 3.63) is 71.5 Å². The number of carbonyl (C=O) groups excluding carboxylic acids is 1. The fourth-order valence-electron chi connectivity index (χ4n) is 2.92. The first-order valence-electron chi connectivity index (χ1n) is 11.0. The van der Waals surface area contributed by atoms with Crippen LogP contribution >= 0.6 is 0 Å². The monoisotopic (exact) mass is 502 g/mol. The molecule has 0 saturated carbocycles. The smallest absolute Gasteiger partial charge is 0.505 e. The maximum atomic E-state index is 12.9. The molecule has 0 aromatic heterocycles. The van der Waals surface area contributed by atoms with Gasteiger partial charge in [-0.1, -0.05) is 24.3 Å². The lowest BCUT2D eigenvalue weighted by Gasteiger charge is -2.10. The Morgan fingerprint density at radius 3 is 1.78 bits per heavy atom. The highest BCUT2D eigenvalue weighted by Crippen LogP contribution is 2.29. The number of methoxy groups -OCH3 is 2. The second-order valence-electron chi connectivity index (χ2n) is 7.09. The van der Waals surface area contributed by atoms with E-state index in [1.807, 2.05) is 0 Å². The number of hydrogen-bond donors (Lipinski definition) is 2. The molecule has 11 heteroatoms. The van der Waals surface area contributed by atoms with E-state index in [2.05, 4.69) is 4.65 Å². The van der Waals surface area contributed by atoms with Crippen LogP contribution in [0.25, 0.3) is 12.2 Å². The molecule has 0 amide bonds. The van der Waals surface area contributed by atoms with Crippen molar-refractivity contribution in [2.75, 3.05) is 40.5 Å². The number of hydrogen-bond acceptors (Lipinski definition) is 8. The molecular formula is C25H29BF2N2O6. The van der Waals surface area contributed by atoms with E-state index < -0.39 is 13.3 Å². The number of halogens is 2. The van der Waals surface area contributed by atoms with Gasteiger partial charge in [0.05, 0.1) is 14.2 Å². The van der Waals surface area contributed by atoms with Crippen LogP contribution in [0.1, 0.15) is 11.1 Å². The molecule has 0 spiro atoms. The Kier molecular flexibility index (Phi) is 12.0. The predicted octanol–water partition coefficient (Wildman–Crippen LogP) is 3.50. The van der Waals surface area contributed by atoms with Crippen LogP contribution in [0.4, 0.5) is 8.63 Å². The second kappa shape index (κ2) is 15.2. The molecule has 0 saturated heterocycles. The normalized spacial score (nSPS) is 11.6. The molecule has 0 aliphatic heterocycles. The molecule has 0 radical (unpaired) electrons. The number of ether oxygens (including phenoxy) is 4. The number of benzene rings is 2. The summed E-state index contributed by atoms with van der Waals surface area (Å²) in [4.78, 5) is 12.4. The first kappa shape index (κ1) is 28.4. The van der Waals surface area contributed by atoms with Crippen LogP contribution in [0.5, 0.6) is 23.0 Å². The minimum absolute atomic E-state index is 0.315. The van der Waals surface area contributed by atoms with E-state index in [1.165, 1.54) is 38.5 Å². The van der Waals surface area contributed by atoms with E-state index in [9.17, 15) is 13.4 Å². The molecule has 0 fully saturated rings. The van der Waals surface area contributed by atoms with Crippen molar-refractivity contribution >= 4 is 25.4 Å². The van der Waals surface area contributed by atoms with Crippen LogP contribution in [-0.2, 0) is 9.45 Å². The first-order valence-corrected chi connectivity index (χ1v) is 11.0. The van der Waals surface area contributed by atoms with Crippen LogP contribution in [0.15, 0.2) is 60.4 Å². The van der Waals surface area contributed by atoms with E-state index in [4.69, 9.17) is 30.4 Å². The van der Waals surface area contributed by atoms with Crippen molar-refractivity contribution in [2.24, 2.45) is 11.5 Å². The Labute approximate surface area is 209 Å². The Morgan fingerprint density at radius 2 is 1.33 bits per heavy atom. The number of ketones is 1. The molecule has 2 rings (SSSR count). The van der Waals surface area contributed by atoms with E-state index in [0.717, 1.165) is 6.08 Å². The molecule has 0 aliphatic rings. The molecular weight excluding hydrogens is 473 g/mol. The Morgan fingerprint density at radius 1 is 0.833 bits per heavy atom. The lowest BCUT2D eigenvalue weighted by Crippen LogP contribution is -2.11. The molecule has 8 nitrogen and oxygen atoms in total. The summed E-state index contributed by atoms with van der Waals surface area (Å²) in [7, 11) is -0.141. The topological polar surface area (TPSA) is 115 Å². The van der Waals surface area contributed by atoms with Gasteiger partial charge in [0, 0.05) is 19.2 Å². The van der Waals surface area contributed by atoms with Gasteiger partial charge in [-0.05, 0) is 47.5 Å². The van der Waals surface area contributed by atoms with E-state index in [-0.39, 0.29) is 5.76 Å². The Hall–Kier alpha value is -3.83. The Bertz CT molecular complexity index is 1090. The van der Waals surface area contributed by atoms with E-state index in [1.54, 1.807) is 36.4 Å². The average Bonchev–Trinajstić information content (AvgIpc) is 2.88. The van der Waals surface area contributed by atoms with Gasteiger partial charge in [0.15, 0.2) is 28.8 Å². The number of rotatable bonds is 15. The van der Waals surface area contributed by atoms with Gasteiger partial charge in [-0.3, -0.25) is 4.79 Å². The third kappa shape index (κ3) is 9.44. The number of nitrogens with two attached hydrogens (primary N) is 2. The van der Waals surface area contributed by atoms with Gasteiger partial charge in [0.2, 0.25) is 0 Å². The molecule has 192 valence electrons. The van der Waals surface area contributed by atoms with Crippen LogP contribution < -0.4 is 30.4 Å². The first-order chi connectivity index (χ1) is 17.4. The Balaban J connectivity index is 2.18. The number of allylic oxidation sites excluding steroid dienone is 3. The highest BCUT2D eigenvalue weighted by Gasteiger charge is 2.18. The van der Waals surface area contributed by atoms with E-state index >= 15 is 0 Å². The quantitative estimate of drug-likeness (QED) is 0.165. The van der Waals surface area contributed by atoms with Gasteiger partial charge < -0.3 is 35.1 Å². The largest absolute Gasteiger partial charge is 0.796 e. The van der Waals surface area contributed by atoms with Crippen molar-refractivity contribution in [3.63, 3.8) is 0 Å². The predicted molar refractivity (Wildman–Crippen MR) is 135 cm³/mol. The molecule has 0 aliphatic carbocycles. The standard InChI is InChI=1S/C25H29BF2N2O6/c1-32-24-15-18(5-9-22(24)34-13-11-29)3-7-20(31)17-21(36-26(27)28)8-4-19-6-10-23(35-14-12-30)25(16-19)33-2/h3-10,15-17H,11-14,29-30H2,1-2H3/b7-3+,8-4+,21-17-. The zero-order valence-corrected chi connectivity index (χ0v) is 20.1. The SMILES string of the molecule is COc1cc(/C=C/C(=O)/C=C(/C=C/c2ccc(OCCN)c(OC)c2)OB(F)F)ccc1OCCN. The van der Waals surface area contributed by atoms with Gasteiger partial charge in [-0.15, -0.1) is 0 Å². The van der Waals surface area contributed by atoms with Gasteiger partial charge in [0.1, 0.15) is 19.0 Å². The summed E-state index contributed by atoms with van der Waals surface area (Å²) < 4.78 is 51.8. The fraction of sp³-hybridized carbons (Fsp3) is 0.240. The van der Waals surface area contributed by atoms with Crippen LogP contribution in [0.3, 0.4) is 0 Å². The van der Waals surface area contributed by atoms with Gasteiger partial charge >= 0.3 is 7.47 Å². The van der Waals surface area contributed by atoms with Crippen LogP contribution in [0.2, 0.25) is 0 Å². The minimum Gasteiger partial charge on any atom is -0.505 e. The minimum atomic E-state index is -3.11. The third-order valence-corrected chi connectivity index (χ3v) is 4.52. The molecule has 4 N–H and O–H groups in total. The lowest BCUT2D eigenvalue weighted by molar-refractivity contribution is -0.110. The number of carbonyl (C=O) groups is 1. The molecule has 36 heavy (non-hydrogen) atoms. The van der Waals surface area contributed by atoms with Crippen molar-refractivity contribution in [2.45, 2.75) is 0 Å². The molecule has 2 aromatic rings. The summed E-state index contributed by atoms with van der Waals surface area (Å²) >= 11 is 0. The summed E-state index contributed by atoms with van der Waals surface area (Å²) in [5, 5.41) is 0. The summed E-state index contributed by atoms with van der Waals surface area (Å²) in [5.74, 6) is 1.05. The van der Waals surface area contributed by atoms with Gasteiger partial charge in [-0.25, -0.2) is 8.63 Å².